The quantitative estimate of drug-likeness (QED) is 0.421. The van der Waals surface area contributed by atoms with Gasteiger partial charge in [-0.1, -0.05) is 0 Å². The Morgan fingerprint density at radius 3 is 2.44 bits per heavy atom. The molecule has 4 aliphatic rings. The van der Waals surface area contributed by atoms with Crippen LogP contribution in [-0.4, -0.2) is 86.7 Å². The van der Waals surface area contributed by atoms with Crippen molar-refractivity contribution in [1.29, 1.82) is 0 Å². The van der Waals surface area contributed by atoms with E-state index in [0.717, 1.165) is 44.7 Å². The molecule has 0 spiro atoms. The van der Waals surface area contributed by atoms with Gasteiger partial charge in [0.15, 0.2) is 5.96 Å². The Balaban J connectivity index is 1.39. The van der Waals surface area contributed by atoms with Crippen molar-refractivity contribution < 1.29 is 9.53 Å². The van der Waals surface area contributed by atoms with Crippen molar-refractivity contribution in [2.45, 2.75) is 44.7 Å². The van der Waals surface area contributed by atoms with Gasteiger partial charge in [0.1, 0.15) is 0 Å². The van der Waals surface area contributed by atoms with E-state index in [2.05, 4.69) is 25.4 Å². The summed E-state index contributed by atoms with van der Waals surface area (Å²) >= 11 is 0. The molecule has 7 nitrogen and oxygen atoms in total. The van der Waals surface area contributed by atoms with Crippen molar-refractivity contribution in [2.24, 2.45) is 10.9 Å². The summed E-state index contributed by atoms with van der Waals surface area (Å²) in [6, 6.07) is 0.976. The molecule has 3 saturated heterocycles. The van der Waals surface area contributed by atoms with Crippen LogP contribution in [0.15, 0.2) is 4.99 Å². The van der Waals surface area contributed by atoms with E-state index in [0.29, 0.717) is 18.7 Å². The lowest BCUT2D eigenvalue weighted by atomic mass is 9.86. The number of nitrogens with one attached hydrogen (secondary N) is 2. The van der Waals surface area contributed by atoms with E-state index >= 15 is 0 Å². The molecular formula is C18H33N5O2. The van der Waals surface area contributed by atoms with Crippen LogP contribution in [0.5, 0.6) is 0 Å². The molecule has 142 valence electrons. The zero-order valence-electron chi connectivity index (χ0n) is 15.7. The van der Waals surface area contributed by atoms with Crippen molar-refractivity contribution >= 4 is 11.9 Å². The smallest absolute Gasteiger partial charge is 0.308 e. The second-order valence-corrected chi connectivity index (χ2v) is 7.39. The van der Waals surface area contributed by atoms with Crippen molar-refractivity contribution in [3.63, 3.8) is 0 Å². The molecule has 1 saturated carbocycles. The summed E-state index contributed by atoms with van der Waals surface area (Å²) in [5, 5.41) is 7.04. The summed E-state index contributed by atoms with van der Waals surface area (Å²) in [6.07, 6.45) is 3.79. The standard InChI is InChI=1S/C18H33N5O2/c1-3-25-17(24)14-4-6-15(7-5-14)21-18(19-2)20-12-16-13-22-8-10-23(16)11-9-22/h14-16H,3-13H2,1-2H3,(H2,19,20,21). The van der Waals surface area contributed by atoms with E-state index in [4.69, 9.17) is 4.74 Å². The lowest BCUT2D eigenvalue weighted by Gasteiger charge is -2.47. The van der Waals surface area contributed by atoms with Gasteiger partial charge in [0.05, 0.1) is 12.5 Å². The van der Waals surface area contributed by atoms with E-state index in [-0.39, 0.29) is 11.9 Å². The fourth-order valence-electron chi connectivity index (χ4n) is 4.25. The second kappa shape index (κ2) is 8.85. The number of piperazine rings is 3. The first-order valence-electron chi connectivity index (χ1n) is 9.79. The van der Waals surface area contributed by atoms with Gasteiger partial charge < -0.3 is 15.4 Å². The van der Waals surface area contributed by atoms with Crippen molar-refractivity contribution in [1.82, 2.24) is 20.4 Å². The maximum Gasteiger partial charge on any atom is 0.308 e. The Bertz CT molecular complexity index is 468. The summed E-state index contributed by atoms with van der Waals surface area (Å²) in [4.78, 5) is 21.4. The minimum Gasteiger partial charge on any atom is -0.466 e. The third-order valence-corrected chi connectivity index (χ3v) is 5.81. The van der Waals surface area contributed by atoms with Gasteiger partial charge >= 0.3 is 5.97 Å². The predicted octanol–water partition coefficient (Wildman–Crippen LogP) is 0.273. The maximum atomic E-state index is 11.8. The van der Waals surface area contributed by atoms with Gasteiger partial charge in [-0.2, -0.15) is 0 Å². The first-order chi connectivity index (χ1) is 12.2. The largest absolute Gasteiger partial charge is 0.466 e. The zero-order valence-corrected chi connectivity index (χ0v) is 15.7. The van der Waals surface area contributed by atoms with Crippen molar-refractivity contribution in [2.75, 3.05) is 52.9 Å². The molecule has 1 aliphatic carbocycles. The van der Waals surface area contributed by atoms with E-state index in [9.17, 15) is 4.79 Å². The summed E-state index contributed by atoms with van der Waals surface area (Å²) in [5.74, 6) is 0.935. The molecule has 2 N–H and O–H groups in total. The van der Waals surface area contributed by atoms with E-state index in [1.54, 1.807) is 0 Å². The number of hydrogen-bond acceptors (Lipinski definition) is 5. The number of nitrogens with zero attached hydrogens (tertiary/aromatic N) is 3. The molecule has 0 amide bonds. The Hall–Kier alpha value is -1.34. The number of ether oxygens (including phenoxy) is 1. The molecule has 4 fully saturated rings. The number of rotatable bonds is 5. The fraction of sp³-hybridized carbons (Fsp3) is 0.889. The minimum absolute atomic E-state index is 0.0279. The Morgan fingerprint density at radius 1 is 1.16 bits per heavy atom. The van der Waals surface area contributed by atoms with Crippen LogP contribution in [0.2, 0.25) is 0 Å². The molecule has 1 unspecified atom stereocenters. The highest BCUT2D eigenvalue weighted by atomic mass is 16.5. The minimum atomic E-state index is -0.0279. The number of fused-ring (bicyclic) bond motifs is 3. The van der Waals surface area contributed by atoms with Gasteiger partial charge in [-0.25, -0.2) is 0 Å². The first kappa shape index (κ1) is 18.5. The van der Waals surface area contributed by atoms with Crippen LogP contribution >= 0.6 is 0 Å². The Kier molecular flexibility index (Phi) is 6.53. The summed E-state index contributed by atoms with van der Waals surface area (Å²) in [5.41, 5.74) is 0. The molecule has 0 radical (unpaired) electrons. The summed E-state index contributed by atoms with van der Waals surface area (Å²) in [6.45, 7) is 9.26. The highest BCUT2D eigenvalue weighted by Crippen LogP contribution is 2.25. The maximum absolute atomic E-state index is 11.8. The monoisotopic (exact) mass is 351 g/mol. The summed E-state index contributed by atoms with van der Waals surface area (Å²) < 4.78 is 5.14. The van der Waals surface area contributed by atoms with Gasteiger partial charge in [0.25, 0.3) is 0 Å². The molecule has 3 aliphatic heterocycles. The van der Waals surface area contributed by atoms with Gasteiger partial charge in [-0.3, -0.25) is 19.6 Å². The molecule has 25 heavy (non-hydrogen) atoms. The number of carbonyl (C=O) groups excluding carboxylic acids is 1. The molecule has 1 atom stereocenters. The van der Waals surface area contributed by atoms with Gasteiger partial charge in [-0.15, -0.1) is 0 Å². The van der Waals surface area contributed by atoms with Crippen molar-refractivity contribution in [3.05, 3.63) is 0 Å². The summed E-state index contributed by atoms with van der Waals surface area (Å²) in [7, 11) is 1.83. The zero-order chi connectivity index (χ0) is 17.6. The molecule has 0 aromatic rings. The van der Waals surface area contributed by atoms with Crippen molar-refractivity contribution in [3.8, 4) is 0 Å². The molecule has 0 aromatic carbocycles. The lowest BCUT2D eigenvalue weighted by Crippen LogP contribution is -2.64. The van der Waals surface area contributed by atoms with Crippen LogP contribution in [0.4, 0.5) is 0 Å². The van der Waals surface area contributed by atoms with Crippen LogP contribution in [-0.2, 0) is 9.53 Å². The normalized spacial score (nSPS) is 35.3. The second-order valence-electron chi connectivity index (χ2n) is 7.39. The fourth-order valence-corrected chi connectivity index (χ4v) is 4.25. The molecule has 4 rings (SSSR count). The van der Waals surface area contributed by atoms with Crippen LogP contribution in [0, 0.1) is 5.92 Å². The Labute approximate surface area is 151 Å². The lowest BCUT2D eigenvalue weighted by molar-refractivity contribution is -0.149. The SMILES string of the molecule is CCOC(=O)C1CCC(NC(=NC)NCC2CN3CCN2CC3)CC1. The molecular weight excluding hydrogens is 318 g/mol. The number of carbonyl (C=O) groups is 1. The first-order valence-corrected chi connectivity index (χ1v) is 9.79. The van der Waals surface area contributed by atoms with Gasteiger partial charge in [0.2, 0.25) is 0 Å². The molecule has 3 heterocycles. The molecule has 0 aromatic heterocycles. The van der Waals surface area contributed by atoms with Gasteiger partial charge in [0, 0.05) is 58.4 Å². The van der Waals surface area contributed by atoms with E-state index < -0.39 is 0 Å². The number of aliphatic imine (C=N–C) groups is 1. The van der Waals surface area contributed by atoms with Crippen LogP contribution in [0.3, 0.4) is 0 Å². The Morgan fingerprint density at radius 2 is 1.88 bits per heavy atom. The third-order valence-electron chi connectivity index (χ3n) is 5.81. The average molecular weight is 351 g/mol. The number of guanidine groups is 1. The van der Waals surface area contributed by atoms with E-state index in [1.165, 1.54) is 26.2 Å². The molecule has 2 bridgehead atoms. The van der Waals surface area contributed by atoms with Gasteiger partial charge in [-0.05, 0) is 32.6 Å². The highest BCUT2D eigenvalue weighted by Gasteiger charge is 2.32. The molecule has 7 heteroatoms. The number of esters is 1. The van der Waals surface area contributed by atoms with Crippen LogP contribution in [0.1, 0.15) is 32.6 Å². The highest BCUT2D eigenvalue weighted by molar-refractivity contribution is 5.80. The van der Waals surface area contributed by atoms with Crippen LogP contribution < -0.4 is 10.6 Å². The number of hydrogen-bond donors (Lipinski definition) is 2. The van der Waals surface area contributed by atoms with E-state index in [1.807, 2.05) is 14.0 Å². The topological polar surface area (TPSA) is 69.2 Å². The predicted molar refractivity (Wildman–Crippen MR) is 98.7 cm³/mol. The van der Waals surface area contributed by atoms with Crippen LogP contribution in [0.25, 0.3) is 0 Å². The third kappa shape index (κ3) is 4.85. The average Bonchev–Trinajstić information content (AvgIpc) is 2.66.